The Hall–Kier alpha value is -1.77. The normalized spacial score (nSPS) is 14.3. The van der Waals surface area contributed by atoms with Crippen molar-refractivity contribution in [3.8, 4) is 0 Å². The van der Waals surface area contributed by atoms with E-state index in [2.05, 4.69) is 25.2 Å². The number of nitrogens with zero attached hydrogens (tertiary/aromatic N) is 2. The van der Waals surface area contributed by atoms with E-state index in [0.29, 0.717) is 24.3 Å². The van der Waals surface area contributed by atoms with E-state index in [1.165, 1.54) is 11.9 Å². The van der Waals surface area contributed by atoms with Crippen molar-refractivity contribution in [3.05, 3.63) is 41.5 Å². The highest BCUT2D eigenvalue weighted by molar-refractivity contribution is 7.89. The van der Waals surface area contributed by atoms with E-state index < -0.39 is 10.0 Å². The number of aromatic nitrogens is 3. The molecule has 0 unspecified atom stereocenters. The van der Waals surface area contributed by atoms with Gasteiger partial charge in [-0.05, 0) is 29.7 Å². The number of rotatable bonds is 6. The van der Waals surface area contributed by atoms with Gasteiger partial charge >= 0.3 is 0 Å². The second kappa shape index (κ2) is 5.92. The minimum Gasteiger partial charge on any atom is -0.309 e. The number of benzene rings is 1. The number of hydrogen-bond donors (Lipinski definition) is 3. The summed E-state index contributed by atoms with van der Waals surface area (Å²) < 4.78 is 27.1. The molecule has 0 radical (unpaired) electrons. The summed E-state index contributed by atoms with van der Waals surface area (Å²) in [6.45, 7) is 1.91. The molecule has 0 fully saturated rings. The fraction of sp³-hybridized carbons (Fsp3) is 0.385. The van der Waals surface area contributed by atoms with Crippen molar-refractivity contribution in [3.63, 3.8) is 0 Å². The van der Waals surface area contributed by atoms with Crippen molar-refractivity contribution in [2.24, 2.45) is 0 Å². The largest absolute Gasteiger partial charge is 0.309 e. The summed E-state index contributed by atoms with van der Waals surface area (Å²) in [5.41, 5.74) is 2.22. The maximum absolute atomic E-state index is 12.2. The van der Waals surface area contributed by atoms with Gasteiger partial charge in [0, 0.05) is 26.1 Å². The standard InChI is InChI=1S/C13H17N5O2S/c19-21(20,17-5-1-2-13-15-9-16-18-13)12-4-3-10-7-14-8-11(10)6-12/h3-4,6,9,14,17H,1-2,5,7-8H2,(H,15,16,18). The van der Waals surface area contributed by atoms with Crippen LogP contribution >= 0.6 is 0 Å². The molecule has 1 aliphatic heterocycles. The van der Waals surface area contributed by atoms with E-state index in [-0.39, 0.29) is 0 Å². The first kappa shape index (κ1) is 14.2. The SMILES string of the molecule is O=S(=O)(NCCCc1ncn[nH]1)c1ccc2c(c1)CNC2. The minimum atomic E-state index is -3.45. The molecule has 7 nitrogen and oxygen atoms in total. The maximum atomic E-state index is 12.2. The van der Waals surface area contributed by atoms with E-state index in [1.807, 2.05) is 6.07 Å². The summed E-state index contributed by atoms with van der Waals surface area (Å²) in [5, 5.41) is 9.70. The van der Waals surface area contributed by atoms with E-state index in [4.69, 9.17) is 0 Å². The minimum absolute atomic E-state index is 0.324. The first-order valence-corrected chi connectivity index (χ1v) is 8.30. The molecule has 21 heavy (non-hydrogen) atoms. The molecule has 1 aromatic carbocycles. The highest BCUT2D eigenvalue weighted by atomic mass is 32.2. The van der Waals surface area contributed by atoms with Crippen LogP contribution in [-0.4, -0.2) is 30.1 Å². The van der Waals surface area contributed by atoms with Crippen LogP contribution in [0.1, 0.15) is 23.4 Å². The molecule has 0 saturated carbocycles. The number of aryl methyl sites for hydroxylation is 1. The average Bonchev–Trinajstić information content (AvgIpc) is 3.13. The van der Waals surface area contributed by atoms with Gasteiger partial charge in [0.25, 0.3) is 0 Å². The highest BCUT2D eigenvalue weighted by Crippen LogP contribution is 2.19. The van der Waals surface area contributed by atoms with Gasteiger partial charge in [-0.2, -0.15) is 5.10 Å². The van der Waals surface area contributed by atoms with Crippen LogP contribution in [0.5, 0.6) is 0 Å². The van der Waals surface area contributed by atoms with E-state index in [9.17, 15) is 8.42 Å². The predicted molar refractivity (Wildman–Crippen MR) is 76.9 cm³/mol. The fourth-order valence-corrected chi connectivity index (χ4v) is 3.46. The molecular weight excluding hydrogens is 290 g/mol. The van der Waals surface area contributed by atoms with Crippen molar-refractivity contribution >= 4 is 10.0 Å². The van der Waals surface area contributed by atoms with Gasteiger partial charge in [-0.1, -0.05) is 6.07 Å². The summed E-state index contributed by atoms with van der Waals surface area (Å²) in [6.07, 6.45) is 2.77. The second-order valence-electron chi connectivity index (χ2n) is 4.97. The van der Waals surface area contributed by atoms with Crippen molar-refractivity contribution < 1.29 is 8.42 Å². The van der Waals surface area contributed by atoms with Crippen molar-refractivity contribution in [2.45, 2.75) is 30.8 Å². The molecule has 2 aromatic rings. The van der Waals surface area contributed by atoms with Crippen LogP contribution in [0.15, 0.2) is 29.4 Å². The molecule has 3 N–H and O–H groups in total. The number of nitrogens with one attached hydrogen (secondary N) is 3. The van der Waals surface area contributed by atoms with Gasteiger partial charge in [-0.3, -0.25) is 5.10 Å². The van der Waals surface area contributed by atoms with Crippen LogP contribution in [0, 0.1) is 0 Å². The molecule has 0 atom stereocenters. The second-order valence-corrected chi connectivity index (χ2v) is 6.73. The number of sulfonamides is 1. The molecule has 1 aromatic heterocycles. The summed E-state index contributed by atoms with van der Waals surface area (Å²) in [4.78, 5) is 4.32. The summed E-state index contributed by atoms with van der Waals surface area (Å²) in [7, 11) is -3.45. The predicted octanol–water partition coefficient (Wildman–Crippen LogP) is 0.319. The lowest BCUT2D eigenvalue weighted by atomic mass is 10.1. The number of aromatic amines is 1. The third-order valence-corrected chi connectivity index (χ3v) is 4.92. The molecule has 0 aliphatic carbocycles. The summed E-state index contributed by atoms with van der Waals surface area (Å²) in [6, 6.07) is 5.27. The lowest BCUT2D eigenvalue weighted by Crippen LogP contribution is -2.25. The monoisotopic (exact) mass is 307 g/mol. The van der Waals surface area contributed by atoms with E-state index in [1.54, 1.807) is 12.1 Å². The Bertz CT molecular complexity index is 712. The first-order valence-electron chi connectivity index (χ1n) is 6.81. The van der Waals surface area contributed by atoms with Gasteiger partial charge in [0.1, 0.15) is 12.2 Å². The Morgan fingerprint density at radius 2 is 2.10 bits per heavy atom. The summed E-state index contributed by atoms with van der Waals surface area (Å²) in [5.74, 6) is 0.762. The maximum Gasteiger partial charge on any atom is 0.240 e. The van der Waals surface area contributed by atoms with Gasteiger partial charge in [0.05, 0.1) is 4.90 Å². The van der Waals surface area contributed by atoms with Crippen molar-refractivity contribution in [2.75, 3.05) is 6.54 Å². The van der Waals surface area contributed by atoms with Crippen molar-refractivity contribution in [1.29, 1.82) is 0 Å². The lowest BCUT2D eigenvalue weighted by Gasteiger charge is -2.08. The Labute approximate surface area is 123 Å². The summed E-state index contributed by atoms with van der Waals surface area (Å²) >= 11 is 0. The molecule has 1 aliphatic rings. The molecule has 112 valence electrons. The number of hydrogen-bond acceptors (Lipinski definition) is 5. The molecule has 0 spiro atoms. The fourth-order valence-electron chi connectivity index (χ4n) is 2.34. The Morgan fingerprint density at radius 1 is 1.24 bits per heavy atom. The highest BCUT2D eigenvalue weighted by Gasteiger charge is 2.17. The lowest BCUT2D eigenvalue weighted by molar-refractivity contribution is 0.578. The van der Waals surface area contributed by atoms with Crippen LogP contribution in [0.4, 0.5) is 0 Å². The molecule has 0 saturated heterocycles. The van der Waals surface area contributed by atoms with Gasteiger partial charge in [0.2, 0.25) is 10.0 Å². The average molecular weight is 307 g/mol. The third kappa shape index (κ3) is 3.29. The molecular formula is C13H17N5O2S. The Morgan fingerprint density at radius 3 is 2.90 bits per heavy atom. The van der Waals surface area contributed by atoms with Gasteiger partial charge < -0.3 is 5.32 Å². The van der Waals surface area contributed by atoms with Crippen LogP contribution < -0.4 is 10.0 Å². The van der Waals surface area contributed by atoms with E-state index >= 15 is 0 Å². The Balaban J connectivity index is 1.59. The molecule has 2 heterocycles. The molecule has 3 rings (SSSR count). The Kier molecular flexibility index (Phi) is 4.00. The van der Waals surface area contributed by atoms with Crippen molar-refractivity contribution in [1.82, 2.24) is 25.2 Å². The third-order valence-electron chi connectivity index (χ3n) is 3.47. The van der Waals surface area contributed by atoms with Crippen LogP contribution in [-0.2, 0) is 29.5 Å². The molecule has 8 heteroatoms. The smallest absolute Gasteiger partial charge is 0.240 e. The van der Waals surface area contributed by atoms with Crippen LogP contribution in [0.2, 0.25) is 0 Å². The zero-order valence-corrected chi connectivity index (χ0v) is 12.3. The number of fused-ring (bicyclic) bond motifs is 1. The van der Waals surface area contributed by atoms with Gasteiger partial charge in [-0.15, -0.1) is 0 Å². The quantitative estimate of drug-likeness (QED) is 0.667. The van der Waals surface area contributed by atoms with E-state index in [0.717, 1.165) is 24.5 Å². The van der Waals surface area contributed by atoms with Gasteiger partial charge in [0.15, 0.2) is 0 Å². The topological polar surface area (TPSA) is 99.8 Å². The number of H-pyrrole nitrogens is 1. The van der Waals surface area contributed by atoms with Gasteiger partial charge in [-0.25, -0.2) is 18.1 Å². The molecule has 0 amide bonds. The van der Waals surface area contributed by atoms with Crippen LogP contribution in [0.25, 0.3) is 0 Å². The zero-order valence-electron chi connectivity index (χ0n) is 11.5. The first-order chi connectivity index (χ1) is 10.1. The molecule has 0 bridgehead atoms. The zero-order chi connectivity index (χ0) is 14.7. The van der Waals surface area contributed by atoms with Crippen LogP contribution in [0.3, 0.4) is 0 Å².